The lowest BCUT2D eigenvalue weighted by molar-refractivity contribution is 0.339. The predicted octanol–water partition coefficient (Wildman–Crippen LogP) is 0.0396. The summed E-state index contributed by atoms with van der Waals surface area (Å²) < 4.78 is 9.95. The number of hydrogen-bond donors (Lipinski definition) is 2. The molecule has 0 aliphatic carbocycles. The number of methoxy groups -OCH3 is 2. The minimum atomic E-state index is -0.0145. The SMILES string of the molecule is COc1nc(OC)nc(N(C)C(C)CC(=N)N)n1. The first-order valence-electron chi connectivity index (χ1n) is 5.37. The van der Waals surface area contributed by atoms with E-state index in [-0.39, 0.29) is 23.9 Å². The lowest BCUT2D eigenvalue weighted by Crippen LogP contribution is -2.34. The first kappa shape index (κ1) is 13.9. The van der Waals surface area contributed by atoms with Crippen LogP contribution in [-0.2, 0) is 0 Å². The third kappa shape index (κ3) is 3.44. The number of anilines is 1. The van der Waals surface area contributed by atoms with Crippen LogP contribution in [0.4, 0.5) is 5.95 Å². The van der Waals surface area contributed by atoms with E-state index in [0.29, 0.717) is 12.4 Å². The van der Waals surface area contributed by atoms with Crippen LogP contribution in [-0.4, -0.2) is 48.1 Å². The Hall–Kier alpha value is -2.12. The number of ether oxygens (including phenoxy) is 2. The number of nitrogens with one attached hydrogen (secondary N) is 1. The Morgan fingerprint density at radius 2 is 1.78 bits per heavy atom. The van der Waals surface area contributed by atoms with E-state index in [1.54, 1.807) is 4.90 Å². The Morgan fingerprint density at radius 1 is 1.28 bits per heavy atom. The van der Waals surface area contributed by atoms with Crippen molar-refractivity contribution in [2.75, 3.05) is 26.2 Å². The second-order valence-electron chi connectivity index (χ2n) is 3.80. The summed E-state index contributed by atoms with van der Waals surface area (Å²) in [7, 11) is 4.75. The zero-order chi connectivity index (χ0) is 13.7. The molecule has 0 saturated heterocycles. The van der Waals surface area contributed by atoms with Crippen LogP contribution in [0, 0.1) is 5.41 Å². The summed E-state index contributed by atoms with van der Waals surface area (Å²) in [6, 6.07) is 0.344. The first-order valence-corrected chi connectivity index (χ1v) is 5.37. The minimum Gasteiger partial charge on any atom is -0.467 e. The molecule has 0 aliphatic heterocycles. The number of nitrogens with two attached hydrogens (primary N) is 1. The van der Waals surface area contributed by atoms with Crippen LogP contribution in [0.3, 0.4) is 0 Å². The van der Waals surface area contributed by atoms with E-state index in [2.05, 4.69) is 15.0 Å². The molecule has 0 radical (unpaired) electrons. The van der Waals surface area contributed by atoms with Crippen LogP contribution in [0.15, 0.2) is 0 Å². The molecular weight excluding hydrogens is 236 g/mol. The van der Waals surface area contributed by atoms with Crippen molar-refractivity contribution in [2.45, 2.75) is 19.4 Å². The molecule has 8 heteroatoms. The lowest BCUT2D eigenvalue weighted by Gasteiger charge is -2.24. The molecule has 100 valence electrons. The predicted molar refractivity (Wildman–Crippen MR) is 67.3 cm³/mol. The van der Waals surface area contributed by atoms with Crippen molar-refractivity contribution in [1.29, 1.82) is 5.41 Å². The lowest BCUT2D eigenvalue weighted by atomic mass is 10.2. The highest BCUT2D eigenvalue weighted by molar-refractivity contribution is 5.77. The molecule has 0 spiro atoms. The van der Waals surface area contributed by atoms with E-state index in [4.69, 9.17) is 20.6 Å². The van der Waals surface area contributed by atoms with Gasteiger partial charge in [0.05, 0.1) is 20.1 Å². The highest BCUT2D eigenvalue weighted by Gasteiger charge is 2.16. The van der Waals surface area contributed by atoms with Crippen LogP contribution in [0.5, 0.6) is 12.0 Å². The Labute approximate surface area is 106 Å². The number of amidine groups is 1. The van der Waals surface area contributed by atoms with E-state index < -0.39 is 0 Å². The number of hydrogen-bond acceptors (Lipinski definition) is 7. The first-order chi connectivity index (χ1) is 8.47. The molecule has 18 heavy (non-hydrogen) atoms. The van der Waals surface area contributed by atoms with Crippen molar-refractivity contribution in [3.63, 3.8) is 0 Å². The van der Waals surface area contributed by atoms with Crippen molar-refractivity contribution >= 4 is 11.8 Å². The zero-order valence-corrected chi connectivity index (χ0v) is 11.0. The summed E-state index contributed by atoms with van der Waals surface area (Å²) >= 11 is 0. The van der Waals surface area contributed by atoms with Crippen molar-refractivity contribution in [3.8, 4) is 12.0 Å². The van der Waals surface area contributed by atoms with E-state index in [9.17, 15) is 0 Å². The molecule has 0 aromatic carbocycles. The molecule has 1 atom stereocenters. The summed E-state index contributed by atoms with van der Waals surface area (Å²) in [4.78, 5) is 13.9. The van der Waals surface area contributed by atoms with Crippen LogP contribution >= 0.6 is 0 Å². The van der Waals surface area contributed by atoms with Gasteiger partial charge in [-0.05, 0) is 6.92 Å². The monoisotopic (exact) mass is 254 g/mol. The number of nitrogens with zero attached hydrogens (tertiary/aromatic N) is 4. The maximum Gasteiger partial charge on any atom is 0.324 e. The Morgan fingerprint density at radius 3 is 2.17 bits per heavy atom. The molecule has 0 amide bonds. The van der Waals surface area contributed by atoms with E-state index in [1.807, 2.05) is 14.0 Å². The van der Waals surface area contributed by atoms with E-state index in [1.165, 1.54) is 14.2 Å². The van der Waals surface area contributed by atoms with Crippen molar-refractivity contribution in [2.24, 2.45) is 5.73 Å². The molecule has 3 N–H and O–H groups in total. The molecular formula is C10H18N6O2. The molecule has 1 unspecified atom stereocenters. The quantitative estimate of drug-likeness (QED) is 0.544. The molecule has 0 aliphatic rings. The van der Waals surface area contributed by atoms with Crippen LogP contribution in [0.2, 0.25) is 0 Å². The fourth-order valence-electron chi connectivity index (χ4n) is 1.32. The zero-order valence-electron chi connectivity index (χ0n) is 11.0. The summed E-state index contributed by atoms with van der Waals surface area (Å²) in [5.41, 5.74) is 5.38. The van der Waals surface area contributed by atoms with Crippen LogP contribution in [0.25, 0.3) is 0 Å². The Balaban J connectivity index is 2.96. The highest BCUT2D eigenvalue weighted by atomic mass is 16.5. The summed E-state index contributed by atoms with van der Waals surface area (Å²) in [6.45, 7) is 1.92. The van der Waals surface area contributed by atoms with Crippen molar-refractivity contribution in [1.82, 2.24) is 15.0 Å². The fraction of sp³-hybridized carbons (Fsp3) is 0.600. The molecule has 0 fully saturated rings. The average Bonchev–Trinajstić information content (AvgIpc) is 2.36. The highest BCUT2D eigenvalue weighted by Crippen LogP contribution is 2.17. The second-order valence-corrected chi connectivity index (χ2v) is 3.80. The maximum atomic E-state index is 7.29. The second kappa shape index (κ2) is 5.99. The summed E-state index contributed by atoms with van der Waals surface area (Å²) in [6.07, 6.45) is 0.423. The van der Waals surface area contributed by atoms with E-state index >= 15 is 0 Å². The molecule has 1 aromatic heterocycles. The summed E-state index contributed by atoms with van der Waals surface area (Å²) in [5.74, 6) is 0.523. The largest absolute Gasteiger partial charge is 0.467 e. The molecule has 0 saturated carbocycles. The van der Waals surface area contributed by atoms with Gasteiger partial charge in [0.25, 0.3) is 0 Å². The standard InChI is InChI=1S/C10H18N6O2/c1-6(5-7(11)12)16(2)8-13-9(17-3)15-10(14-8)18-4/h6H,5H2,1-4H3,(H3,11,12). The maximum absolute atomic E-state index is 7.29. The third-order valence-electron chi connectivity index (χ3n) is 2.44. The topological polar surface area (TPSA) is 110 Å². The smallest absolute Gasteiger partial charge is 0.324 e. The number of rotatable bonds is 6. The molecule has 1 rings (SSSR count). The number of aromatic nitrogens is 3. The van der Waals surface area contributed by atoms with Gasteiger partial charge < -0.3 is 20.1 Å². The van der Waals surface area contributed by atoms with Gasteiger partial charge in [-0.1, -0.05) is 0 Å². The summed E-state index contributed by atoms with van der Waals surface area (Å²) in [5, 5.41) is 7.29. The van der Waals surface area contributed by atoms with E-state index in [0.717, 1.165) is 0 Å². The third-order valence-corrected chi connectivity index (χ3v) is 2.44. The van der Waals surface area contributed by atoms with Gasteiger partial charge >= 0.3 is 12.0 Å². The van der Waals surface area contributed by atoms with Gasteiger partial charge in [-0.2, -0.15) is 9.97 Å². The van der Waals surface area contributed by atoms with Crippen LogP contribution in [0.1, 0.15) is 13.3 Å². The minimum absolute atomic E-state index is 0.0145. The van der Waals surface area contributed by atoms with Crippen molar-refractivity contribution in [3.05, 3.63) is 0 Å². The Kier molecular flexibility index (Phi) is 4.64. The van der Waals surface area contributed by atoms with Crippen molar-refractivity contribution < 1.29 is 9.47 Å². The van der Waals surface area contributed by atoms with Gasteiger partial charge in [0.1, 0.15) is 0 Å². The van der Waals surface area contributed by atoms with Gasteiger partial charge in [-0.25, -0.2) is 0 Å². The van der Waals surface area contributed by atoms with Gasteiger partial charge in [-0.3, -0.25) is 5.41 Å². The molecule has 1 heterocycles. The molecule has 8 nitrogen and oxygen atoms in total. The average molecular weight is 254 g/mol. The van der Waals surface area contributed by atoms with Gasteiger partial charge in [0, 0.05) is 19.5 Å². The fourth-order valence-corrected chi connectivity index (χ4v) is 1.32. The molecule has 0 bridgehead atoms. The Bertz CT molecular complexity index is 403. The molecule has 1 aromatic rings. The van der Waals surface area contributed by atoms with Gasteiger partial charge in [0.2, 0.25) is 5.95 Å². The van der Waals surface area contributed by atoms with Gasteiger partial charge in [-0.15, -0.1) is 4.98 Å². The normalized spacial score (nSPS) is 11.8. The van der Waals surface area contributed by atoms with Gasteiger partial charge in [0.15, 0.2) is 0 Å². The van der Waals surface area contributed by atoms with Crippen LogP contribution < -0.4 is 20.1 Å².